The maximum Gasteiger partial charge on any atom is 0.251 e. The number of halogens is 1. The minimum atomic E-state index is 0.000179. The largest absolute Gasteiger partial charge is 0.352 e. The topological polar surface area (TPSA) is 32.3 Å². The molecule has 0 spiro atoms. The second-order valence-electron chi connectivity index (χ2n) is 5.31. The zero-order valence-corrected chi connectivity index (χ0v) is 12.1. The van der Waals surface area contributed by atoms with Gasteiger partial charge in [0.05, 0.1) is 0 Å². The van der Waals surface area contributed by atoms with Crippen molar-refractivity contribution >= 4 is 17.5 Å². The number of likely N-dealkylation sites (tertiary alicyclic amines) is 1. The van der Waals surface area contributed by atoms with E-state index in [0.717, 1.165) is 18.7 Å². The minimum absolute atomic E-state index is 0.000179. The van der Waals surface area contributed by atoms with Crippen LogP contribution in [0.4, 0.5) is 0 Å². The summed E-state index contributed by atoms with van der Waals surface area (Å²) in [7, 11) is 2.14. The highest BCUT2D eigenvalue weighted by molar-refractivity contribution is 6.17. The van der Waals surface area contributed by atoms with Crippen molar-refractivity contribution in [1.82, 2.24) is 10.2 Å². The van der Waals surface area contributed by atoms with E-state index in [4.69, 9.17) is 11.6 Å². The molecular weight excluding hydrogens is 260 g/mol. The lowest BCUT2D eigenvalue weighted by molar-refractivity contribution is 0.0936. The fourth-order valence-electron chi connectivity index (χ4n) is 2.57. The van der Waals surface area contributed by atoms with Crippen LogP contribution in [0.25, 0.3) is 0 Å². The van der Waals surface area contributed by atoms with Crippen LogP contribution >= 0.6 is 11.6 Å². The Morgan fingerprint density at radius 3 is 3.11 bits per heavy atom. The third-order valence-corrected chi connectivity index (χ3v) is 3.93. The van der Waals surface area contributed by atoms with E-state index in [1.165, 1.54) is 19.4 Å². The summed E-state index contributed by atoms with van der Waals surface area (Å²) in [6, 6.07) is 7.49. The second kappa shape index (κ2) is 6.92. The molecule has 19 heavy (non-hydrogen) atoms. The molecule has 1 amide bonds. The Bertz CT molecular complexity index is 436. The predicted molar refractivity (Wildman–Crippen MR) is 78.6 cm³/mol. The van der Waals surface area contributed by atoms with Crippen molar-refractivity contribution in [3.63, 3.8) is 0 Å². The average Bonchev–Trinajstić information content (AvgIpc) is 2.45. The van der Waals surface area contributed by atoms with Crippen molar-refractivity contribution in [3.05, 3.63) is 35.4 Å². The predicted octanol–water partition coefficient (Wildman–Crippen LogP) is 2.50. The van der Waals surface area contributed by atoms with Crippen LogP contribution in [0.15, 0.2) is 24.3 Å². The molecule has 1 aromatic rings. The van der Waals surface area contributed by atoms with Crippen LogP contribution in [0.3, 0.4) is 0 Å². The molecule has 1 aliphatic rings. The highest BCUT2D eigenvalue weighted by Gasteiger charge is 2.18. The number of hydrogen-bond acceptors (Lipinski definition) is 2. The van der Waals surface area contributed by atoms with Gasteiger partial charge in [0.2, 0.25) is 0 Å². The van der Waals surface area contributed by atoms with Crippen LogP contribution in [0.2, 0.25) is 0 Å². The fourth-order valence-corrected chi connectivity index (χ4v) is 2.74. The number of amides is 1. The summed E-state index contributed by atoms with van der Waals surface area (Å²) in [4.78, 5) is 14.4. The third-order valence-electron chi connectivity index (χ3n) is 3.62. The molecule has 4 heteroatoms. The van der Waals surface area contributed by atoms with E-state index >= 15 is 0 Å². The molecule has 2 rings (SSSR count). The number of piperidine rings is 1. The molecule has 3 nitrogen and oxygen atoms in total. The standard InChI is InChI=1S/C15H21ClN2O/c1-18-7-3-5-13(11-18)10-17-15(19)14-6-2-4-12(8-14)9-16/h2,4,6,8,13H,3,5,7,9-11H2,1H3,(H,17,19). The fraction of sp³-hybridized carbons (Fsp3) is 0.533. The zero-order chi connectivity index (χ0) is 13.7. The van der Waals surface area contributed by atoms with Gasteiger partial charge in [-0.2, -0.15) is 0 Å². The molecule has 1 saturated heterocycles. The van der Waals surface area contributed by atoms with E-state index in [1.54, 1.807) is 0 Å². The number of carbonyl (C=O) groups is 1. The van der Waals surface area contributed by atoms with Crippen LogP contribution in [0.1, 0.15) is 28.8 Å². The highest BCUT2D eigenvalue weighted by Crippen LogP contribution is 2.14. The molecule has 1 fully saturated rings. The number of hydrogen-bond donors (Lipinski definition) is 1. The molecule has 0 bridgehead atoms. The highest BCUT2D eigenvalue weighted by atomic mass is 35.5. The number of carbonyl (C=O) groups excluding carboxylic acids is 1. The molecule has 0 radical (unpaired) electrons. The Balaban J connectivity index is 1.86. The lowest BCUT2D eigenvalue weighted by Gasteiger charge is -2.29. The summed E-state index contributed by atoms with van der Waals surface area (Å²) in [5.41, 5.74) is 1.68. The van der Waals surface area contributed by atoms with Gasteiger partial charge in [-0.1, -0.05) is 12.1 Å². The van der Waals surface area contributed by atoms with Crippen molar-refractivity contribution in [1.29, 1.82) is 0 Å². The second-order valence-corrected chi connectivity index (χ2v) is 5.58. The summed E-state index contributed by atoms with van der Waals surface area (Å²) in [6.45, 7) is 3.00. The van der Waals surface area contributed by atoms with Crippen LogP contribution in [-0.4, -0.2) is 37.5 Å². The van der Waals surface area contributed by atoms with Crippen molar-refractivity contribution in [2.24, 2.45) is 5.92 Å². The van der Waals surface area contributed by atoms with E-state index in [0.29, 0.717) is 17.4 Å². The molecular formula is C15H21ClN2O. The minimum Gasteiger partial charge on any atom is -0.352 e. The number of nitrogens with zero attached hydrogens (tertiary/aromatic N) is 1. The third kappa shape index (κ3) is 4.22. The lowest BCUT2D eigenvalue weighted by Crippen LogP contribution is -2.39. The molecule has 1 aliphatic heterocycles. The summed E-state index contributed by atoms with van der Waals surface area (Å²) in [5.74, 6) is 1.01. The van der Waals surface area contributed by atoms with Crippen molar-refractivity contribution in [2.45, 2.75) is 18.7 Å². The van der Waals surface area contributed by atoms with E-state index in [2.05, 4.69) is 17.3 Å². The Hall–Kier alpha value is -1.06. The summed E-state index contributed by atoms with van der Waals surface area (Å²) >= 11 is 5.78. The first-order chi connectivity index (χ1) is 9.19. The first-order valence-corrected chi connectivity index (χ1v) is 7.34. The van der Waals surface area contributed by atoms with E-state index in [1.807, 2.05) is 24.3 Å². The monoisotopic (exact) mass is 280 g/mol. The molecule has 1 aromatic carbocycles. The van der Waals surface area contributed by atoms with Crippen LogP contribution in [-0.2, 0) is 5.88 Å². The lowest BCUT2D eigenvalue weighted by atomic mass is 9.98. The Kier molecular flexibility index (Phi) is 5.23. The van der Waals surface area contributed by atoms with Gasteiger partial charge in [0, 0.05) is 24.5 Å². The molecule has 0 aromatic heterocycles. The molecule has 0 aliphatic carbocycles. The van der Waals surface area contributed by atoms with Gasteiger partial charge in [0.15, 0.2) is 0 Å². The van der Waals surface area contributed by atoms with E-state index < -0.39 is 0 Å². The van der Waals surface area contributed by atoms with Gasteiger partial charge in [-0.25, -0.2) is 0 Å². The first-order valence-electron chi connectivity index (χ1n) is 6.80. The van der Waals surface area contributed by atoms with E-state index in [-0.39, 0.29) is 5.91 Å². The van der Waals surface area contributed by atoms with Gasteiger partial charge < -0.3 is 10.2 Å². The SMILES string of the molecule is CN1CCCC(CNC(=O)c2cccc(CCl)c2)C1. The zero-order valence-electron chi connectivity index (χ0n) is 11.4. The van der Waals surface area contributed by atoms with Crippen LogP contribution in [0.5, 0.6) is 0 Å². The normalized spacial score (nSPS) is 20.2. The average molecular weight is 281 g/mol. The van der Waals surface area contributed by atoms with E-state index in [9.17, 15) is 4.79 Å². The molecule has 1 atom stereocenters. The number of benzene rings is 1. The number of rotatable bonds is 4. The quantitative estimate of drug-likeness (QED) is 0.860. The maximum atomic E-state index is 12.1. The number of nitrogens with one attached hydrogen (secondary N) is 1. The summed E-state index contributed by atoms with van der Waals surface area (Å²) < 4.78 is 0. The first kappa shape index (κ1) is 14.4. The maximum absolute atomic E-state index is 12.1. The van der Waals surface area contributed by atoms with Crippen molar-refractivity contribution in [2.75, 3.05) is 26.7 Å². The Morgan fingerprint density at radius 1 is 1.53 bits per heavy atom. The molecule has 1 heterocycles. The Labute approximate surface area is 119 Å². The van der Waals surface area contributed by atoms with Gasteiger partial charge in [-0.3, -0.25) is 4.79 Å². The summed E-state index contributed by atoms with van der Waals surface area (Å²) in [6.07, 6.45) is 2.42. The summed E-state index contributed by atoms with van der Waals surface area (Å²) in [5, 5.41) is 3.03. The van der Waals surface area contributed by atoms with Gasteiger partial charge in [-0.05, 0) is 50.0 Å². The van der Waals surface area contributed by atoms with Crippen molar-refractivity contribution < 1.29 is 4.79 Å². The van der Waals surface area contributed by atoms with Gasteiger partial charge in [0.1, 0.15) is 0 Å². The van der Waals surface area contributed by atoms with Crippen LogP contribution < -0.4 is 5.32 Å². The van der Waals surface area contributed by atoms with Gasteiger partial charge in [0.25, 0.3) is 5.91 Å². The van der Waals surface area contributed by atoms with Crippen LogP contribution in [0, 0.1) is 5.92 Å². The molecule has 1 unspecified atom stereocenters. The molecule has 0 saturated carbocycles. The van der Waals surface area contributed by atoms with Crippen molar-refractivity contribution in [3.8, 4) is 0 Å². The number of alkyl halides is 1. The van der Waals surface area contributed by atoms with Gasteiger partial charge in [-0.15, -0.1) is 11.6 Å². The molecule has 1 N–H and O–H groups in total. The Morgan fingerprint density at radius 2 is 2.37 bits per heavy atom. The van der Waals surface area contributed by atoms with Gasteiger partial charge >= 0.3 is 0 Å². The molecule has 104 valence electrons. The smallest absolute Gasteiger partial charge is 0.251 e.